The predicted octanol–water partition coefficient (Wildman–Crippen LogP) is 3.08. The highest BCUT2D eigenvalue weighted by Crippen LogP contribution is 2.35. The normalized spacial score (nSPS) is 12.1. The molecule has 154 valence electrons. The van der Waals surface area contributed by atoms with Crippen molar-refractivity contribution in [2.75, 3.05) is 5.32 Å². The summed E-state index contributed by atoms with van der Waals surface area (Å²) in [4.78, 5) is 8.08. The van der Waals surface area contributed by atoms with Crippen LogP contribution in [0.15, 0.2) is 47.9 Å². The monoisotopic (exact) mass is 427 g/mol. The molecule has 3 N–H and O–H groups in total. The van der Waals surface area contributed by atoms with Gasteiger partial charge in [0, 0.05) is 24.5 Å². The summed E-state index contributed by atoms with van der Waals surface area (Å²) in [5, 5.41) is 8.24. The standard InChI is InChI=1S/C17H16F3N5O3S/c1-10-14(29(21,26)27)5-4-12(16(10)13-8-25(2)9-23-13)24-15-6-3-11(7-22-15)28-17(18,19)20/h3-9H,1-2H3,(H,22,24)(H2,21,26,27). The summed E-state index contributed by atoms with van der Waals surface area (Å²) in [6.45, 7) is 1.59. The van der Waals surface area contributed by atoms with Gasteiger partial charge in [-0.25, -0.2) is 23.5 Å². The quantitative estimate of drug-likeness (QED) is 0.647. The van der Waals surface area contributed by atoms with Crippen molar-refractivity contribution >= 4 is 21.5 Å². The van der Waals surface area contributed by atoms with Crippen LogP contribution in [0.5, 0.6) is 5.75 Å². The number of aromatic nitrogens is 3. The number of imidazole rings is 1. The van der Waals surface area contributed by atoms with Gasteiger partial charge < -0.3 is 14.6 Å². The molecule has 3 aromatic rings. The van der Waals surface area contributed by atoms with Crippen molar-refractivity contribution in [3.63, 3.8) is 0 Å². The maximum atomic E-state index is 12.3. The Balaban J connectivity index is 2.02. The molecule has 2 aromatic heterocycles. The molecule has 8 nitrogen and oxygen atoms in total. The highest BCUT2D eigenvalue weighted by Gasteiger charge is 2.31. The van der Waals surface area contributed by atoms with Crippen molar-refractivity contribution in [1.82, 2.24) is 14.5 Å². The number of aryl methyl sites for hydroxylation is 1. The van der Waals surface area contributed by atoms with E-state index in [1.165, 1.54) is 18.2 Å². The summed E-state index contributed by atoms with van der Waals surface area (Å²) in [5.41, 5.74) is 1.77. The van der Waals surface area contributed by atoms with Gasteiger partial charge >= 0.3 is 6.36 Å². The van der Waals surface area contributed by atoms with Crippen LogP contribution >= 0.6 is 0 Å². The number of primary sulfonamides is 1. The van der Waals surface area contributed by atoms with Gasteiger partial charge in [-0.3, -0.25) is 0 Å². The largest absolute Gasteiger partial charge is 0.573 e. The minimum absolute atomic E-state index is 0.0643. The van der Waals surface area contributed by atoms with Crippen molar-refractivity contribution in [2.45, 2.75) is 18.2 Å². The molecule has 0 saturated heterocycles. The molecule has 0 aliphatic carbocycles. The van der Waals surface area contributed by atoms with Crippen molar-refractivity contribution < 1.29 is 26.3 Å². The number of ether oxygens (including phenoxy) is 1. The first-order valence-electron chi connectivity index (χ1n) is 8.07. The molecule has 3 rings (SSSR count). The van der Waals surface area contributed by atoms with E-state index in [0.29, 0.717) is 22.5 Å². The van der Waals surface area contributed by atoms with Crippen LogP contribution in [0.2, 0.25) is 0 Å². The number of hydrogen-bond acceptors (Lipinski definition) is 6. The fourth-order valence-electron chi connectivity index (χ4n) is 2.76. The lowest BCUT2D eigenvalue weighted by molar-refractivity contribution is -0.274. The fourth-order valence-corrected chi connectivity index (χ4v) is 3.55. The highest BCUT2D eigenvalue weighted by molar-refractivity contribution is 7.89. The second-order valence-electron chi connectivity index (χ2n) is 6.13. The Kier molecular flexibility index (Phi) is 5.24. The van der Waals surface area contributed by atoms with Crippen LogP contribution in [-0.2, 0) is 17.1 Å². The number of sulfonamides is 1. The summed E-state index contributed by atoms with van der Waals surface area (Å²) in [5.74, 6) is -0.242. The van der Waals surface area contributed by atoms with Gasteiger partial charge in [0.05, 0.1) is 23.1 Å². The van der Waals surface area contributed by atoms with Gasteiger partial charge in [0.25, 0.3) is 0 Å². The Morgan fingerprint density at radius 3 is 2.41 bits per heavy atom. The van der Waals surface area contributed by atoms with Gasteiger partial charge in [-0.1, -0.05) is 0 Å². The van der Waals surface area contributed by atoms with E-state index >= 15 is 0 Å². The van der Waals surface area contributed by atoms with Gasteiger partial charge in [0.2, 0.25) is 10.0 Å². The van der Waals surface area contributed by atoms with Gasteiger partial charge in [0.15, 0.2) is 0 Å². The highest BCUT2D eigenvalue weighted by atomic mass is 32.2. The van der Waals surface area contributed by atoms with E-state index in [1.54, 1.807) is 31.1 Å². The van der Waals surface area contributed by atoms with Crippen molar-refractivity contribution in [3.05, 3.63) is 48.5 Å². The molecule has 0 aliphatic rings. The molecule has 0 unspecified atom stereocenters. The van der Waals surface area contributed by atoms with E-state index in [1.807, 2.05) is 0 Å². The van der Waals surface area contributed by atoms with Crippen LogP contribution in [0.25, 0.3) is 11.3 Å². The molecule has 0 amide bonds. The van der Waals surface area contributed by atoms with Crippen molar-refractivity contribution in [3.8, 4) is 17.0 Å². The van der Waals surface area contributed by atoms with Gasteiger partial charge in [-0.2, -0.15) is 0 Å². The van der Waals surface area contributed by atoms with Gasteiger partial charge in [0.1, 0.15) is 11.6 Å². The fraction of sp³-hybridized carbons (Fsp3) is 0.176. The van der Waals surface area contributed by atoms with E-state index in [0.717, 1.165) is 12.3 Å². The van der Waals surface area contributed by atoms with Gasteiger partial charge in [-0.15, -0.1) is 13.2 Å². The third-order valence-electron chi connectivity index (χ3n) is 3.92. The average Bonchev–Trinajstić information content (AvgIpc) is 3.00. The lowest BCUT2D eigenvalue weighted by Gasteiger charge is -2.16. The Morgan fingerprint density at radius 1 is 1.17 bits per heavy atom. The van der Waals surface area contributed by atoms with Crippen LogP contribution in [0.1, 0.15) is 5.56 Å². The first-order valence-corrected chi connectivity index (χ1v) is 9.62. The van der Waals surface area contributed by atoms with E-state index in [2.05, 4.69) is 20.0 Å². The molecule has 0 saturated carbocycles. The van der Waals surface area contributed by atoms with Gasteiger partial charge in [-0.05, 0) is 36.8 Å². The lowest BCUT2D eigenvalue weighted by Crippen LogP contribution is -2.17. The lowest BCUT2D eigenvalue weighted by atomic mass is 10.0. The number of nitrogens with zero attached hydrogens (tertiary/aromatic N) is 3. The molecule has 0 atom stereocenters. The molecular weight excluding hydrogens is 411 g/mol. The summed E-state index contributed by atoms with van der Waals surface area (Å²) < 4.78 is 66.1. The van der Waals surface area contributed by atoms with Crippen LogP contribution in [0.4, 0.5) is 24.7 Å². The van der Waals surface area contributed by atoms with E-state index in [-0.39, 0.29) is 10.7 Å². The van der Waals surface area contributed by atoms with Crippen LogP contribution in [0.3, 0.4) is 0 Å². The molecule has 0 fully saturated rings. The predicted molar refractivity (Wildman–Crippen MR) is 99.0 cm³/mol. The average molecular weight is 427 g/mol. The van der Waals surface area contributed by atoms with E-state index in [9.17, 15) is 21.6 Å². The topological polar surface area (TPSA) is 112 Å². The minimum Gasteiger partial charge on any atom is -0.404 e. The molecule has 0 radical (unpaired) electrons. The maximum absolute atomic E-state index is 12.3. The first-order chi connectivity index (χ1) is 13.4. The molecular formula is C17H16F3N5O3S. The minimum atomic E-state index is -4.82. The number of nitrogens with two attached hydrogens (primary N) is 1. The second kappa shape index (κ2) is 7.37. The second-order valence-corrected chi connectivity index (χ2v) is 7.66. The number of benzene rings is 1. The maximum Gasteiger partial charge on any atom is 0.573 e. The molecule has 29 heavy (non-hydrogen) atoms. The van der Waals surface area contributed by atoms with Crippen molar-refractivity contribution in [2.24, 2.45) is 12.2 Å². The summed E-state index contributed by atoms with van der Waals surface area (Å²) in [6, 6.07) is 5.22. The van der Waals surface area contributed by atoms with E-state index < -0.39 is 22.1 Å². The number of halogens is 3. The van der Waals surface area contributed by atoms with Crippen LogP contribution in [-0.4, -0.2) is 29.3 Å². The van der Waals surface area contributed by atoms with Crippen LogP contribution in [0, 0.1) is 6.92 Å². The summed E-state index contributed by atoms with van der Waals surface area (Å²) >= 11 is 0. The molecule has 0 bridgehead atoms. The zero-order valence-corrected chi connectivity index (χ0v) is 16.0. The Labute approximate surface area is 164 Å². The SMILES string of the molecule is Cc1c(S(N)(=O)=O)ccc(Nc2ccc(OC(F)(F)F)cn2)c1-c1cn(C)cn1. The summed E-state index contributed by atoms with van der Waals surface area (Å²) in [6.07, 6.45) is -0.664. The molecule has 0 aliphatic heterocycles. The number of alkyl halides is 3. The van der Waals surface area contributed by atoms with Crippen LogP contribution < -0.4 is 15.2 Å². The smallest absolute Gasteiger partial charge is 0.404 e. The first kappa shape index (κ1) is 20.6. The molecule has 0 spiro atoms. The molecule has 2 heterocycles. The zero-order valence-electron chi connectivity index (χ0n) is 15.2. The Bertz CT molecular complexity index is 1140. The molecule has 1 aromatic carbocycles. The Hall–Kier alpha value is -3.12. The third kappa shape index (κ3) is 4.84. The summed E-state index contributed by atoms with van der Waals surface area (Å²) in [7, 11) is -2.22. The zero-order chi connectivity index (χ0) is 21.4. The van der Waals surface area contributed by atoms with Crippen molar-refractivity contribution in [1.29, 1.82) is 0 Å². The number of nitrogens with one attached hydrogen (secondary N) is 1. The Morgan fingerprint density at radius 2 is 1.90 bits per heavy atom. The molecule has 12 heteroatoms. The van der Waals surface area contributed by atoms with E-state index in [4.69, 9.17) is 5.14 Å². The number of hydrogen-bond donors (Lipinski definition) is 2. The number of rotatable bonds is 5. The third-order valence-corrected chi connectivity index (χ3v) is 4.97. The number of anilines is 2. The number of pyridine rings is 1.